The summed E-state index contributed by atoms with van der Waals surface area (Å²) in [6, 6.07) is 1.68. The van der Waals surface area contributed by atoms with E-state index in [4.69, 9.17) is 20.0 Å². The molecule has 0 aliphatic carbocycles. The number of ether oxygens (including phenoxy) is 1. The fourth-order valence-electron chi connectivity index (χ4n) is 3.71. The standard InChI is InChI=1S/C19H25N5O3S2/c1-10(2)4-13-6-14(24-27-13)16(25)21-15-8-28-17(22-15)19-9-26-11(3)5-12(19)7-29-18(20)23-19/h6,8,10-12H,4-5,7,9H2,1-3H3,(H2,20,23)(H,21,25)/t11-,12-,19-/m0/s1. The highest BCUT2D eigenvalue weighted by Crippen LogP contribution is 2.47. The maximum Gasteiger partial charge on any atom is 0.279 e. The molecule has 8 nitrogen and oxygen atoms in total. The number of nitrogens with zero attached hydrogens (tertiary/aromatic N) is 3. The van der Waals surface area contributed by atoms with Crippen molar-refractivity contribution in [2.45, 2.75) is 45.3 Å². The quantitative estimate of drug-likeness (QED) is 0.740. The van der Waals surface area contributed by atoms with E-state index in [0.29, 0.717) is 35.2 Å². The number of carbonyl (C=O) groups is 1. The van der Waals surface area contributed by atoms with E-state index in [2.05, 4.69) is 36.2 Å². The summed E-state index contributed by atoms with van der Waals surface area (Å²) in [5.41, 5.74) is 5.72. The van der Waals surface area contributed by atoms with E-state index in [-0.39, 0.29) is 17.7 Å². The van der Waals surface area contributed by atoms with Gasteiger partial charge in [0.05, 0.1) is 12.7 Å². The topological polar surface area (TPSA) is 116 Å². The Labute approximate surface area is 177 Å². The van der Waals surface area contributed by atoms with Crippen molar-refractivity contribution in [3.63, 3.8) is 0 Å². The van der Waals surface area contributed by atoms with Gasteiger partial charge >= 0.3 is 0 Å². The number of anilines is 1. The minimum atomic E-state index is -0.576. The Hall–Kier alpha value is -1.91. The number of nitrogens with one attached hydrogen (secondary N) is 1. The van der Waals surface area contributed by atoms with Crippen molar-refractivity contribution < 1.29 is 14.1 Å². The summed E-state index contributed by atoms with van der Waals surface area (Å²) in [5.74, 6) is 2.44. The molecule has 1 saturated heterocycles. The molecule has 0 unspecified atom stereocenters. The van der Waals surface area contributed by atoms with E-state index >= 15 is 0 Å². The van der Waals surface area contributed by atoms with Gasteiger partial charge in [-0.25, -0.2) is 9.98 Å². The van der Waals surface area contributed by atoms with Crippen LogP contribution >= 0.6 is 23.1 Å². The molecule has 0 radical (unpaired) electrons. The largest absolute Gasteiger partial charge is 0.379 e. The molecule has 3 N–H and O–H groups in total. The van der Waals surface area contributed by atoms with Crippen LogP contribution in [0.1, 0.15) is 48.4 Å². The normalized spacial score (nSPS) is 26.8. The van der Waals surface area contributed by atoms with Gasteiger partial charge in [-0.1, -0.05) is 30.8 Å². The summed E-state index contributed by atoms with van der Waals surface area (Å²) in [5, 5.41) is 9.87. The van der Waals surface area contributed by atoms with Crippen LogP contribution in [0.5, 0.6) is 0 Å². The third-order valence-corrected chi connectivity index (χ3v) is 7.10. The van der Waals surface area contributed by atoms with Crippen LogP contribution in [0.3, 0.4) is 0 Å². The van der Waals surface area contributed by atoms with Gasteiger partial charge in [0.1, 0.15) is 22.1 Å². The zero-order chi connectivity index (χ0) is 20.6. The lowest BCUT2D eigenvalue weighted by Crippen LogP contribution is -2.49. The number of rotatable bonds is 5. The molecule has 0 spiro atoms. The van der Waals surface area contributed by atoms with E-state index in [1.54, 1.807) is 17.8 Å². The van der Waals surface area contributed by atoms with E-state index in [0.717, 1.165) is 23.6 Å². The summed E-state index contributed by atoms with van der Waals surface area (Å²) in [7, 11) is 0. The first-order valence-electron chi connectivity index (χ1n) is 9.68. The molecule has 2 aliphatic rings. The lowest BCUT2D eigenvalue weighted by atomic mass is 9.80. The molecule has 4 rings (SSSR count). The molecule has 156 valence electrons. The Kier molecular flexibility index (Phi) is 5.67. The number of thiazole rings is 1. The lowest BCUT2D eigenvalue weighted by molar-refractivity contribution is -0.0466. The van der Waals surface area contributed by atoms with E-state index in [1.165, 1.54) is 11.3 Å². The third-order valence-electron chi connectivity index (χ3n) is 5.14. The second-order valence-electron chi connectivity index (χ2n) is 8.01. The second-order valence-corrected chi connectivity index (χ2v) is 9.91. The molecular formula is C19H25N5O3S2. The highest BCUT2D eigenvalue weighted by molar-refractivity contribution is 8.13. The zero-order valence-electron chi connectivity index (χ0n) is 16.7. The molecule has 0 aromatic carbocycles. The monoisotopic (exact) mass is 435 g/mol. The number of nitrogens with two attached hydrogens (primary N) is 1. The lowest BCUT2D eigenvalue weighted by Gasteiger charge is -2.44. The van der Waals surface area contributed by atoms with E-state index < -0.39 is 5.54 Å². The summed E-state index contributed by atoms with van der Waals surface area (Å²) in [4.78, 5) is 22.0. The highest BCUT2D eigenvalue weighted by Gasteiger charge is 2.49. The van der Waals surface area contributed by atoms with Crippen molar-refractivity contribution in [2.24, 2.45) is 22.6 Å². The van der Waals surface area contributed by atoms with Gasteiger partial charge in [-0.2, -0.15) is 0 Å². The number of hydrogen-bond donors (Lipinski definition) is 2. The number of carbonyl (C=O) groups excluding carboxylic acids is 1. The average Bonchev–Trinajstić information content (AvgIpc) is 3.31. The van der Waals surface area contributed by atoms with Crippen LogP contribution in [0.15, 0.2) is 21.0 Å². The maximum absolute atomic E-state index is 12.5. The summed E-state index contributed by atoms with van der Waals surface area (Å²) >= 11 is 3.05. The first kappa shape index (κ1) is 20.4. The van der Waals surface area contributed by atoms with Gasteiger partial charge < -0.3 is 20.3 Å². The zero-order valence-corrected chi connectivity index (χ0v) is 18.3. The van der Waals surface area contributed by atoms with Crippen LogP contribution in [0, 0.1) is 11.8 Å². The number of thioether (sulfide) groups is 1. The van der Waals surface area contributed by atoms with Crippen LogP contribution in [0.4, 0.5) is 5.82 Å². The van der Waals surface area contributed by atoms with Gasteiger partial charge in [-0.05, 0) is 19.3 Å². The minimum absolute atomic E-state index is 0.189. The minimum Gasteiger partial charge on any atom is -0.379 e. The molecule has 10 heteroatoms. The number of fused-ring (bicyclic) bond motifs is 1. The van der Waals surface area contributed by atoms with Crippen molar-refractivity contribution in [2.75, 3.05) is 17.7 Å². The van der Waals surface area contributed by atoms with Crippen molar-refractivity contribution in [1.82, 2.24) is 10.1 Å². The van der Waals surface area contributed by atoms with Crippen molar-refractivity contribution >= 4 is 40.0 Å². The SMILES string of the molecule is CC(C)Cc1cc(C(=O)Nc2csc([C@]34CO[C@@H](C)C[C@H]3CSC(N)=N4)n2)no1. The summed E-state index contributed by atoms with van der Waals surface area (Å²) in [6.07, 6.45) is 1.83. The predicted molar refractivity (Wildman–Crippen MR) is 114 cm³/mol. The van der Waals surface area contributed by atoms with Gasteiger partial charge in [0.15, 0.2) is 10.9 Å². The Bertz CT molecular complexity index is 925. The van der Waals surface area contributed by atoms with Crippen LogP contribution in [-0.2, 0) is 16.7 Å². The molecule has 29 heavy (non-hydrogen) atoms. The van der Waals surface area contributed by atoms with Gasteiger partial charge in [0.25, 0.3) is 5.91 Å². The molecule has 2 aromatic rings. The summed E-state index contributed by atoms with van der Waals surface area (Å²) < 4.78 is 11.2. The summed E-state index contributed by atoms with van der Waals surface area (Å²) in [6.45, 7) is 6.69. The fraction of sp³-hybridized carbons (Fsp3) is 0.579. The maximum atomic E-state index is 12.5. The van der Waals surface area contributed by atoms with Crippen LogP contribution < -0.4 is 11.1 Å². The fourth-order valence-corrected chi connectivity index (χ4v) is 5.68. The molecule has 2 aromatic heterocycles. The molecule has 1 amide bonds. The van der Waals surface area contributed by atoms with Crippen LogP contribution in [0.2, 0.25) is 0 Å². The number of hydrogen-bond acceptors (Lipinski definition) is 9. The molecule has 0 saturated carbocycles. The van der Waals surface area contributed by atoms with Gasteiger partial charge in [0, 0.05) is 29.5 Å². The van der Waals surface area contributed by atoms with Crippen molar-refractivity contribution in [1.29, 1.82) is 0 Å². The number of amidine groups is 1. The van der Waals surface area contributed by atoms with Gasteiger partial charge in [0.2, 0.25) is 0 Å². The third kappa shape index (κ3) is 4.19. The number of aromatic nitrogens is 2. The molecular weight excluding hydrogens is 410 g/mol. The molecule has 0 bridgehead atoms. The van der Waals surface area contributed by atoms with Gasteiger partial charge in [-0.15, -0.1) is 11.3 Å². The van der Waals surface area contributed by atoms with Crippen molar-refractivity contribution in [3.05, 3.63) is 27.9 Å². The molecule has 3 atom stereocenters. The van der Waals surface area contributed by atoms with Crippen LogP contribution in [-0.4, -0.2) is 39.7 Å². The predicted octanol–water partition coefficient (Wildman–Crippen LogP) is 3.26. The molecule has 1 fully saturated rings. The highest BCUT2D eigenvalue weighted by atomic mass is 32.2. The molecule has 2 aliphatic heterocycles. The van der Waals surface area contributed by atoms with E-state index in [1.807, 2.05) is 5.38 Å². The average molecular weight is 436 g/mol. The molecule has 4 heterocycles. The first-order valence-corrected chi connectivity index (χ1v) is 11.5. The Morgan fingerprint density at radius 2 is 2.31 bits per heavy atom. The first-order chi connectivity index (χ1) is 13.9. The number of aliphatic imine (C=N–C) groups is 1. The number of amides is 1. The van der Waals surface area contributed by atoms with Gasteiger partial charge in [-0.3, -0.25) is 4.79 Å². The van der Waals surface area contributed by atoms with Crippen LogP contribution in [0.25, 0.3) is 0 Å². The Balaban J connectivity index is 1.52. The second kappa shape index (κ2) is 8.08. The van der Waals surface area contributed by atoms with Crippen molar-refractivity contribution in [3.8, 4) is 0 Å². The van der Waals surface area contributed by atoms with E-state index in [9.17, 15) is 4.79 Å². The Morgan fingerprint density at radius 1 is 1.48 bits per heavy atom. The smallest absolute Gasteiger partial charge is 0.279 e. The Morgan fingerprint density at radius 3 is 3.10 bits per heavy atom.